The standard InChI is InChI=1S/C20H22ClNO5/c1-13-10-17(21)11-14(2)20(13)27-22(15(3)23)9-8-16-4-6-18(7-5-16)26-12-19(24)25/h4-7,10-11H,8-9,12H2,1-3H3,(H,24,25). The average Bonchev–Trinajstić information content (AvgIpc) is 2.59. The van der Waals surface area contributed by atoms with E-state index in [1.165, 1.54) is 12.0 Å². The number of rotatable bonds is 8. The van der Waals surface area contributed by atoms with Crippen LogP contribution in [0.25, 0.3) is 0 Å². The number of benzene rings is 2. The lowest BCUT2D eigenvalue weighted by Gasteiger charge is -2.23. The number of amides is 1. The summed E-state index contributed by atoms with van der Waals surface area (Å²) in [6.45, 7) is 5.19. The molecule has 0 spiro atoms. The highest BCUT2D eigenvalue weighted by molar-refractivity contribution is 6.30. The third-order valence-electron chi connectivity index (χ3n) is 3.87. The largest absolute Gasteiger partial charge is 0.482 e. The fraction of sp³-hybridized carbons (Fsp3) is 0.300. The van der Waals surface area contributed by atoms with E-state index in [9.17, 15) is 9.59 Å². The molecular formula is C20H22ClNO5. The number of hydroxylamine groups is 2. The van der Waals surface area contributed by atoms with Gasteiger partial charge < -0.3 is 14.7 Å². The zero-order chi connectivity index (χ0) is 20.0. The summed E-state index contributed by atoms with van der Waals surface area (Å²) >= 11 is 6.04. The van der Waals surface area contributed by atoms with E-state index in [1.807, 2.05) is 26.0 Å². The van der Waals surface area contributed by atoms with Gasteiger partial charge in [-0.05, 0) is 61.2 Å². The van der Waals surface area contributed by atoms with Crippen molar-refractivity contribution in [3.05, 3.63) is 58.1 Å². The lowest BCUT2D eigenvalue weighted by atomic mass is 10.1. The summed E-state index contributed by atoms with van der Waals surface area (Å²) in [6.07, 6.45) is 0.574. The van der Waals surface area contributed by atoms with E-state index in [4.69, 9.17) is 26.3 Å². The first-order chi connectivity index (χ1) is 12.8. The summed E-state index contributed by atoms with van der Waals surface area (Å²) in [4.78, 5) is 28.3. The smallest absolute Gasteiger partial charge is 0.341 e. The van der Waals surface area contributed by atoms with Crippen LogP contribution in [-0.2, 0) is 16.0 Å². The third kappa shape index (κ3) is 6.18. The minimum atomic E-state index is -1.03. The molecule has 1 amide bonds. The van der Waals surface area contributed by atoms with Gasteiger partial charge in [-0.1, -0.05) is 23.7 Å². The molecule has 0 atom stereocenters. The van der Waals surface area contributed by atoms with Crippen LogP contribution in [-0.4, -0.2) is 35.2 Å². The first-order valence-corrected chi connectivity index (χ1v) is 8.80. The Hall–Kier alpha value is -2.73. The van der Waals surface area contributed by atoms with Crippen molar-refractivity contribution in [1.29, 1.82) is 0 Å². The molecule has 0 aliphatic rings. The van der Waals surface area contributed by atoms with Crippen molar-refractivity contribution in [1.82, 2.24) is 5.06 Å². The average molecular weight is 392 g/mol. The Morgan fingerprint density at radius 1 is 1.11 bits per heavy atom. The minimum absolute atomic E-state index is 0.204. The molecule has 0 unspecified atom stereocenters. The molecule has 0 radical (unpaired) electrons. The minimum Gasteiger partial charge on any atom is -0.482 e. The van der Waals surface area contributed by atoms with Crippen molar-refractivity contribution in [3.8, 4) is 11.5 Å². The van der Waals surface area contributed by atoms with E-state index in [-0.39, 0.29) is 12.5 Å². The molecule has 144 valence electrons. The molecule has 0 aliphatic carbocycles. The van der Waals surface area contributed by atoms with E-state index >= 15 is 0 Å². The molecule has 7 heteroatoms. The maximum atomic E-state index is 12.0. The van der Waals surface area contributed by atoms with Gasteiger partial charge in [-0.15, -0.1) is 0 Å². The van der Waals surface area contributed by atoms with Gasteiger partial charge >= 0.3 is 5.97 Å². The second-order valence-corrected chi connectivity index (χ2v) is 6.59. The molecular weight excluding hydrogens is 370 g/mol. The number of nitrogens with zero attached hydrogens (tertiary/aromatic N) is 1. The molecule has 0 aromatic heterocycles. The second kappa shape index (κ2) is 9.28. The SMILES string of the molecule is CC(=O)N(CCc1ccc(OCC(=O)O)cc1)Oc1c(C)cc(Cl)cc1C. The number of aryl methyl sites for hydroxylation is 2. The summed E-state index contributed by atoms with van der Waals surface area (Å²) in [5, 5.41) is 10.6. The monoisotopic (exact) mass is 391 g/mol. The van der Waals surface area contributed by atoms with Gasteiger partial charge in [0.1, 0.15) is 5.75 Å². The fourth-order valence-electron chi connectivity index (χ4n) is 2.55. The Labute approximate surface area is 163 Å². The highest BCUT2D eigenvalue weighted by Gasteiger charge is 2.15. The van der Waals surface area contributed by atoms with E-state index in [1.54, 1.807) is 24.3 Å². The van der Waals surface area contributed by atoms with Crippen LogP contribution in [0.1, 0.15) is 23.6 Å². The van der Waals surface area contributed by atoms with Crippen molar-refractivity contribution >= 4 is 23.5 Å². The number of carboxylic acids is 1. The molecule has 0 aliphatic heterocycles. The van der Waals surface area contributed by atoms with Crippen LogP contribution in [0, 0.1) is 13.8 Å². The second-order valence-electron chi connectivity index (χ2n) is 6.16. The van der Waals surface area contributed by atoms with Crippen molar-refractivity contribution in [3.63, 3.8) is 0 Å². The van der Waals surface area contributed by atoms with Crippen LogP contribution in [0.4, 0.5) is 0 Å². The molecule has 0 saturated carbocycles. The molecule has 0 heterocycles. The fourth-order valence-corrected chi connectivity index (χ4v) is 2.87. The van der Waals surface area contributed by atoms with Gasteiger partial charge in [0.15, 0.2) is 12.4 Å². The van der Waals surface area contributed by atoms with Gasteiger partial charge in [0, 0.05) is 11.9 Å². The number of halogens is 1. The number of hydrogen-bond acceptors (Lipinski definition) is 4. The summed E-state index contributed by atoms with van der Waals surface area (Å²) < 4.78 is 5.10. The number of carbonyl (C=O) groups is 2. The van der Waals surface area contributed by atoms with E-state index in [0.717, 1.165) is 16.7 Å². The summed E-state index contributed by atoms with van der Waals surface area (Å²) in [7, 11) is 0. The Morgan fingerprint density at radius 3 is 2.22 bits per heavy atom. The van der Waals surface area contributed by atoms with Gasteiger partial charge in [0.25, 0.3) is 5.91 Å². The Kier molecular flexibility index (Phi) is 7.07. The van der Waals surface area contributed by atoms with Crippen molar-refractivity contribution in [2.45, 2.75) is 27.2 Å². The van der Waals surface area contributed by atoms with Crippen LogP contribution in [0.2, 0.25) is 5.02 Å². The van der Waals surface area contributed by atoms with Gasteiger partial charge in [-0.25, -0.2) is 4.79 Å². The highest BCUT2D eigenvalue weighted by atomic mass is 35.5. The zero-order valence-corrected chi connectivity index (χ0v) is 16.2. The lowest BCUT2D eigenvalue weighted by Crippen LogP contribution is -2.34. The molecule has 2 aromatic carbocycles. The normalized spacial score (nSPS) is 10.4. The van der Waals surface area contributed by atoms with E-state index in [0.29, 0.717) is 29.5 Å². The molecule has 2 rings (SSSR count). The predicted molar refractivity (Wildman–Crippen MR) is 102 cm³/mol. The van der Waals surface area contributed by atoms with Crippen molar-refractivity contribution in [2.24, 2.45) is 0 Å². The van der Waals surface area contributed by atoms with Gasteiger partial charge in [-0.2, -0.15) is 5.06 Å². The number of carbonyl (C=O) groups excluding carboxylic acids is 1. The first kappa shape index (κ1) is 20.6. The summed E-state index contributed by atoms with van der Waals surface area (Å²) in [5.74, 6) is -0.133. The van der Waals surface area contributed by atoms with E-state index < -0.39 is 5.97 Å². The highest BCUT2D eigenvalue weighted by Crippen LogP contribution is 2.28. The van der Waals surface area contributed by atoms with Gasteiger partial charge in [0.05, 0.1) is 6.54 Å². The first-order valence-electron chi connectivity index (χ1n) is 8.42. The quantitative estimate of drug-likeness (QED) is 0.692. The summed E-state index contributed by atoms with van der Waals surface area (Å²) in [6, 6.07) is 10.6. The Balaban J connectivity index is 2.01. The molecule has 0 fully saturated rings. The molecule has 1 N–H and O–H groups in total. The maximum Gasteiger partial charge on any atom is 0.341 e. The molecule has 6 nitrogen and oxygen atoms in total. The van der Waals surface area contributed by atoms with Crippen LogP contribution < -0.4 is 9.57 Å². The number of ether oxygens (including phenoxy) is 1. The molecule has 27 heavy (non-hydrogen) atoms. The van der Waals surface area contributed by atoms with Crippen LogP contribution in [0.5, 0.6) is 11.5 Å². The molecule has 0 saturated heterocycles. The maximum absolute atomic E-state index is 12.0. The molecule has 0 bridgehead atoms. The number of aliphatic carboxylic acids is 1. The lowest BCUT2D eigenvalue weighted by molar-refractivity contribution is -0.154. The molecule has 2 aromatic rings. The zero-order valence-electron chi connectivity index (χ0n) is 15.5. The topological polar surface area (TPSA) is 76.1 Å². The predicted octanol–water partition coefficient (Wildman–Crippen LogP) is 3.81. The van der Waals surface area contributed by atoms with Gasteiger partial charge in [-0.3, -0.25) is 4.79 Å². The Bertz CT molecular complexity index is 797. The summed E-state index contributed by atoms with van der Waals surface area (Å²) in [5.41, 5.74) is 2.68. The van der Waals surface area contributed by atoms with Crippen LogP contribution in [0.3, 0.4) is 0 Å². The van der Waals surface area contributed by atoms with Gasteiger partial charge in [0.2, 0.25) is 0 Å². The number of hydrogen-bond donors (Lipinski definition) is 1. The number of carboxylic acid groups (broad SMARTS) is 1. The van der Waals surface area contributed by atoms with Crippen molar-refractivity contribution in [2.75, 3.05) is 13.2 Å². The Morgan fingerprint density at radius 2 is 1.70 bits per heavy atom. The van der Waals surface area contributed by atoms with Crippen LogP contribution in [0.15, 0.2) is 36.4 Å². The van der Waals surface area contributed by atoms with Crippen molar-refractivity contribution < 1.29 is 24.3 Å². The van der Waals surface area contributed by atoms with E-state index in [2.05, 4.69) is 0 Å². The third-order valence-corrected chi connectivity index (χ3v) is 4.09. The van der Waals surface area contributed by atoms with Crippen LogP contribution >= 0.6 is 11.6 Å².